The van der Waals surface area contributed by atoms with Crippen molar-refractivity contribution in [3.8, 4) is 0 Å². The summed E-state index contributed by atoms with van der Waals surface area (Å²) in [5.74, 6) is 1.77. The van der Waals surface area contributed by atoms with Gasteiger partial charge in [-0.15, -0.1) is 5.10 Å². The molecule has 0 amide bonds. The fraction of sp³-hybridized carbons (Fsp3) is 0.900. The van der Waals surface area contributed by atoms with Crippen molar-refractivity contribution in [2.24, 2.45) is 5.92 Å². The number of rotatable bonds is 6. The maximum atomic E-state index is 4.04. The van der Waals surface area contributed by atoms with Gasteiger partial charge >= 0.3 is 0 Å². The van der Waals surface area contributed by atoms with Crippen LogP contribution in [0.1, 0.15) is 38.4 Å². The van der Waals surface area contributed by atoms with Crippen molar-refractivity contribution < 1.29 is 0 Å². The van der Waals surface area contributed by atoms with Crippen LogP contribution in [0.3, 0.4) is 0 Å². The molecule has 1 saturated carbocycles. The van der Waals surface area contributed by atoms with Gasteiger partial charge in [-0.2, -0.15) is 0 Å². The Morgan fingerprint density at radius 1 is 1.47 bits per heavy atom. The summed E-state index contributed by atoms with van der Waals surface area (Å²) in [6, 6.07) is 0. The SMILES string of the molecule is CCCNCc1nnnn1CC1CCC1. The lowest BCUT2D eigenvalue weighted by atomic mass is 9.85. The third-order valence-electron chi connectivity index (χ3n) is 2.97. The van der Waals surface area contributed by atoms with Crippen LogP contribution < -0.4 is 5.32 Å². The van der Waals surface area contributed by atoms with E-state index in [4.69, 9.17) is 0 Å². The summed E-state index contributed by atoms with van der Waals surface area (Å²) in [6.45, 7) is 4.96. The molecule has 1 aromatic heterocycles. The molecule has 84 valence electrons. The second-order valence-corrected chi connectivity index (χ2v) is 4.25. The summed E-state index contributed by atoms with van der Waals surface area (Å²) in [5.41, 5.74) is 0. The number of hydrogen-bond donors (Lipinski definition) is 1. The van der Waals surface area contributed by atoms with Crippen molar-refractivity contribution in [1.82, 2.24) is 25.5 Å². The van der Waals surface area contributed by atoms with Crippen LogP contribution in [0.15, 0.2) is 0 Å². The van der Waals surface area contributed by atoms with Gasteiger partial charge in [0.2, 0.25) is 0 Å². The minimum Gasteiger partial charge on any atom is -0.310 e. The summed E-state index contributed by atoms with van der Waals surface area (Å²) >= 11 is 0. The highest BCUT2D eigenvalue weighted by atomic mass is 15.5. The monoisotopic (exact) mass is 209 g/mol. The quantitative estimate of drug-likeness (QED) is 0.709. The highest BCUT2D eigenvalue weighted by Crippen LogP contribution is 2.27. The second-order valence-electron chi connectivity index (χ2n) is 4.25. The Balaban J connectivity index is 1.83. The van der Waals surface area contributed by atoms with E-state index in [1.54, 1.807) is 0 Å². The van der Waals surface area contributed by atoms with Gasteiger partial charge in [-0.3, -0.25) is 0 Å². The highest BCUT2D eigenvalue weighted by molar-refractivity contribution is 4.82. The Bertz CT molecular complexity index is 292. The topological polar surface area (TPSA) is 55.6 Å². The first-order valence-electron chi connectivity index (χ1n) is 5.86. The van der Waals surface area contributed by atoms with Crippen LogP contribution in [0.5, 0.6) is 0 Å². The first-order chi connectivity index (χ1) is 7.40. The molecule has 0 aromatic carbocycles. The van der Waals surface area contributed by atoms with Gasteiger partial charge in [-0.1, -0.05) is 13.3 Å². The fourth-order valence-corrected chi connectivity index (χ4v) is 1.79. The van der Waals surface area contributed by atoms with Crippen LogP contribution >= 0.6 is 0 Å². The van der Waals surface area contributed by atoms with E-state index in [0.29, 0.717) is 0 Å². The first kappa shape index (κ1) is 10.5. The average molecular weight is 209 g/mol. The van der Waals surface area contributed by atoms with Crippen LogP contribution in [-0.4, -0.2) is 26.8 Å². The molecular formula is C10H19N5. The minimum absolute atomic E-state index is 0.785. The van der Waals surface area contributed by atoms with Crippen LogP contribution in [-0.2, 0) is 13.1 Å². The molecule has 2 rings (SSSR count). The minimum atomic E-state index is 0.785. The zero-order valence-corrected chi connectivity index (χ0v) is 9.32. The number of hydrogen-bond acceptors (Lipinski definition) is 4. The standard InChI is InChI=1S/C10H19N5/c1-2-6-11-7-10-12-13-14-15(10)8-9-4-3-5-9/h9,11H,2-8H2,1H3. The van der Waals surface area contributed by atoms with Crippen molar-refractivity contribution in [2.75, 3.05) is 6.54 Å². The summed E-state index contributed by atoms with van der Waals surface area (Å²) < 4.78 is 1.95. The van der Waals surface area contributed by atoms with E-state index in [9.17, 15) is 0 Å². The Labute approximate surface area is 90.2 Å². The van der Waals surface area contributed by atoms with Crippen molar-refractivity contribution >= 4 is 0 Å². The van der Waals surface area contributed by atoms with Gasteiger partial charge in [0.05, 0.1) is 6.54 Å². The predicted octanol–water partition coefficient (Wildman–Crippen LogP) is 0.973. The Kier molecular flexibility index (Phi) is 3.66. The first-order valence-corrected chi connectivity index (χ1v) is 5.86. The van der Waals surface area contributed by atoms with Gasteiger partial charge in [0.1, 0.15) is 0 Å². The zero-order valence-electron chi connectivity index (χ0n) is 9.32. The maximum absolute atomic E-state index is 4.04. The lowest BCUT2D eigenvalue weighted by molar-refractivity contribution is 0.260. The van der Waals surface area contributed by atoms with Crippen molar-refractivity contribution in [2.45, 2.75) is 45.7 Å². The molecule has 5 nitrogen and oxygen atoms in total. The average Bonchev–Trinajstić information content (AvgIpc) is 2.60. The van der Waals surface area contributed by atoms with E-state index < -0.39 is 0 Å². The van der Waals surface area contributed by atoms with Crippen molar-refractivity contribution in [3.05, 3.63) is 5.82 Å². The van der Waals surface area contributed by atoms with Crippen molar-refractivity contribution in [1.29, 1.82) is 0 Å². The highest BCUT2D eigenvalue weighted by Gasteiger charge is 2.19. The predicted molar refractivity (Wildman–Crippen MR) is 57.2 cm³/mol. The van der Waals surface area contributed by atoms with E-state index in [2.05, 4.69) is 27.8 Å². The lowest BCUT2D eigenvalue weighted by Gasteiger charge is -2.25. The third kappa shape index (κ3) is 2.75. The molecule has 0 unspecified atom stereocenters. The molecule has 1 aromatic rings. The fourth-order valence-electron chi connectivity index (χ4n) is 1.79. The van der Waals surface area contributed by atoms with Gasteiger partial charge in [0, 0.05) is 6.54 Å². The van der Waals surface area contributed by atoms with Crippen LogP contribution in [0, 0.1) is 5.92 Å². The molecule has 0 atom stereocenters. The molecule has 1 N–H and O–H groups in total. The smallest absolute Gasteiger partial charge is 0.165 e. The second kappa shape index (κ2) is 5.21. The molecule has 0 radical (unpaired) electrons. The molecule has 15 heavy (non-hydrogen) atoms. The summed E-state index contributed by atoms with van der Waals surface area (Å²) in [6.07, 6.45) is 5.18. The molecule has 1 aliphatic carbocycles. The van der Waals surface area contributed by atoms with Gasteiger partial charge in [0.15, 0.2) is 5.82 Å². The lowest BCUT2D eigenvalue weighted by Crippen LogP contribution is -2.23. The molecule has 5 heteroatoms. The van der Waals surface area contributed by atoms with Crippen LogP contribution in [0.25, 0.3) is 0 Å². The Morgan fingerprint density at radius 3 is 3.00 bits per heavy atom. The van der Waals surface area contributed by atoms with E-state index in [0.717, 1.165) is 37.8 Å². The number of aromatic nitrogens is 4. The number of nitrogens with one attached hydrogen (secondary N) is 1. The normalized spacial score (nSPS) is 16.6. The van der Waals surface area contributed by atoms with Gasteiger partial charge in [-0.25, -0.2) is 4.68 Å². The van der Waals surface area contributed by atoms with Crippen molar-refractivity contribution in [3.63, 3.8) is 0 Å². The number of nitrogens with zero attached hydrogens (tertiary/aromatic N) is 4. The van der Waals surface area contributed by atoms with E-state index >= 15 is 0 Å². The van der Waals surface area contributed by atoms with Crippen LogP contribution in [0.4, 0.5) is 0 Å². The summed E-state index contributed by atoms with van der Waals surface area (Å²) in [7, 11) is 0. The summed E-state index contributed by atoms with van der Waals surface area (Å²) in [5, 5.41) is 15.1. The van der Waals surface area contributed by atoms with Gasteiger partial charge < -0.3 is 5.32 Å². The largest absolute Gasteiger partial charge is 0.310 e. The van der Waals surface area contributed by atoms with Gasteiger partial charge in [-0.05, 0) is 42.2 Å². The molecule has 0 aliphatic heterocycles. The molecule has 1 fully saturated rings. The molecule has 0 spiro atoms. The molecule has 1 heterocycles. The third-order valence-corrected chi connectivity index (χ3v) is 2.97. The van der Waals surface area contributed by atoms with Gasteiger partial charge in [0.25, 0.3) is 0 Å². The Morgan fingerprint density at radius 2 is 2.33 bits per heavy atom. The molecule has 1 aliphatic rings. The molecule has 0 saturated heterocycles. The Hall–Kier alpha value is -0.970. The maximum Gasteiger partial charge on any atom is 0.165 e. The van der Waals surface area contributed by atoms with E-state index in [-0.39, 0.29) is 0 Å². The summed E-state index contributed by atoms with van der Waals surface area (Å²) in [4.78, 5) is 0. The number of tetrazole rings is 1. The molecular weight excluding hydrogens is 190 g/mol. The molecule has 0 bridgehead atoms. The van der Waals surface area contributed by atoms with E-state index in [1.165, 1.54) is 19.3 Å². The van der Waals surface area contributed by atoms with Crippen LogP contribution in [0.2, 0.25) is 0 Å². The zero-order chi connectivity index (χ0) is 10.5. The van der Waals surface area contributed by atoms with E-state index in [1.807, 2.05) is 4.68 Å².